The number of nitrogens with zero attached hydrogens (tertiary/aromatic N) is 1. The van der Waals surface area contributed by atoms with Crippen molar-refractivity contribution in [2.45, 2.75) is 13.1 Å². The number of amides is 2. The van der Waals surface area contributed by atoms with E-state index in [1.165, 1.54) is 11.2 Å². The molecule has 1 aromatic heterocycles. The van der Waals surface area contributed by atoms with Crippen LogP contribution in [0.2, 0.25) is 0 Å². The van der Waals surface area contributed by atoms with E-state index in [1.54, 1.807) is 12.1 Å². The minimum atomic E-state index is -0.721. The Kier molecular flexibility index (Phi) is 5.73. The molecule has 1 aromatic carbocycles. The number of hydrogen-bond donors (Lipinski definition) is 2. The number of nitrogens with one attached hydrogen (secondary N) is 1. The fourth-order valence-electron chi connectivity index (χ4n) is 1.98. The molecule has 116 valence electrons. The largest absolute Gasteiger partial charge is 0.467 e. The maximum atomic E-state index is 12.2. The van der Waals surface area contributed by atoms with Crippen LogP contribution in [-0.2, 0) is 22.7 Å². The predicted molar refractivity (Wildman–Crippen MR) is 79.5 cm³/mol. The molecular weight excluding hydrogens is 284 g/mol. The van der Waals surface area contributed by atoms with Gasteiger partial charge in [-0.15, -0.1) is 0 Å². The van der Waals surface area contributed by atoms with E-state index in [0.29, 0.717) is 5.76 Å². The lowest BCUT2D eigenvalue weighted by atomic mass is 10.2. The molecule has 2 aromatic rings. The molecule has 0 unspecified atom stereocenters. The van der Waals surface area contributed by atoms with Gasteiger partial charge in [-0.2, -0.15) is 0 Å². The highest BCUT2D eigenvalue weighted by Gasteiger charge is 2.21. The Bertz CT molecular complexity index is 596. The summed E-state index contributed by atoms with van der Waals surface area (Å²) in [5.74, 6) is -0.830. The number of furan rings is 1. The van der Waals surface area contributed by atoms with Gasteiger partial charge in [0.15, 0.2) is 0 Å². The van der Waals surface area contributed by atoms with Gasteiger partial charge in [0.1, 0.15) is 5.76 Å². The van der Waals surface area contributed by atoms with Gasteiger partial charge in [0, 0.05) is 13.1 Å². The van der Waals surface area contributed by atoms with E-state index in [2.05, 4.69) is 5.32 Å². The minimum Gasteiger partial charge on any atom is -0.467 e. The Morgan fingerprint density at radius 1 is 1.14 bits per heavy atom. The summed E-state index contributed by atoms with van der Waals surface area (Å²) in [4.78, 5) is 25.4. The van der Waals surface area contributed by atoms with E-state index in [4.69, 9.17) is 9.52 Å². The predicted octanol–water partition coefficient (Wildman–Crippen LogP) is 0.917. The van der Waals surface area contributed by atoms with Crippen molar-refractivity contribution in [3.05, 3.63) is 60.1 Å². The van der Waals surface area contributed by atoms with E-state index in [1.807, 2.05) is 30.3 Å². The van der Waals surface area contributed by atoms with Crippen molar-refractivity contribution in [3.63, 3.8) is 0 Å². The van der Waals surface area contributed by atoms with Gasteiger partial charge in [-0.3, -0.25) is 9.59 Å². The van der Waals surface area contributed by atoms with Crippen LogP contribution in [0.3, 0.4) is 0 Å². The molecule has 2 N–H and O–H groups in total. The number of carbonyl (C=O) groups excluding carboxylic acids is 2. The summed E-state index contributed by atoms with van der Waals surface area (Å²) in [6.07, 6.45) is 1.50. The summed E-state index contributed by atoms with van der Waals surface area (Å²) in [5, 5.41) is 11.6. The van der Waals surface area contributed by atoms with Crippen LogP contribution in [0, 0.1) is 0 Å². The van der Waals surface area contributed by atoms with Crippen molar-refractivity contribution in [1.29, 1.82) is 0 Å². The molecule has 6 nitrogen and oxygen atoms in total. The Hall–Kier alpha value is -2.60. The molecule has 0 spiro atoms. The van der Waals surface area contributed by atoms with Gasteiger partial charge in [-0.1, -0.05) is 30.3 Å². The minimum absolute atomic E-state index is 0.0991. The van der Waals surface area contributed by atoms with Crippen LogP contribution in [0.4, 0.5) is 0 Å². The zero-order valence-corrected chi connectivity index (χ0v) is 12.1. The Labute approximate surface area is 128 Å². The highest BCUT2D eigenvalue weighted by molar-refractivity contribution is 6.34. The van der Waals surface area contributed by atoms with Crippen LogP contribution in [0.15, 0.2) is 53.1 Å². The van der Waals surface area contributed by atoms with Gasteiger partial charge in [0.05, 0.1) is 19.4 Å². The SMILES string of the molecule is O=C(NCc1ccco1)C(=O)N(CCO)Cc1ccccc1. The number of hydrogen-bond acceptors (Lipinski definition) is 4. The summed E-state index contributed by atoms with van der Waals surface area (Å²) in [6, 6.07) is 12.7. The highest BCUT2D eigenvalue weighted by Crippen LogP contribution is 2.05. The molecule has 22 heavy (non-hydrogen) atoms. The number of aliphatic hydroxyl groups is 1. The first-order chi connectivity index (χ1) is 10.7. The quantitative estimate of drug-likeness (QED) is 0.777. The summed E-state index contributed by atoms with van der Waals surface area (Å²) in [7, 11) is 0. The van der Waals surface area contributed by atoms with E-state index >= 15 is 0 Å². The first-order valence-corrected chi connectivity index (χ1v) is 6.95. The highest BCUT2D eigenvalue weighted by atomic mass is 16.3. The molecule has 0 bridgehead atoms. The molecule has 6 heteroatoms. The number of carbonyl (C=O) groups is 2. The average Bonchev–Trinajstić information content (AvgIpc) is 3.06. The third kappa shape index (κ3) is 4.46. The molecule has 0 fully saturated rings. The zero-order chi connectivity index (χ0) is 15.8. The lowest BCUT2D eigenvalue weighted by molar-refractivity contribution is -0.146. The number of rotatable bonds is 6. The molecule has 0 saturated heterocycles. The molecule has 0 aliphatic rings. The zero-order valence-electron chi connectivity index (χ0n) is 12.1. The lowest BCUT2D eigenvalue weighted by Crippen LogP contribution is -2.43. The monoisotopic (exact) mass is 302 g/mol. The van der Waals surface area contributed by atoms with Gasteiger partial charge < -0.3 is 19.7 Å². The van der Waals surface area contributed by atoms with Crippen LogP contribution >= 0.6 is 0 Å². The van der Waals surface area contributed by atoms with Gasteiger partial charge in [0.2, 0.25) is 0 Å². The third-order valence-electron chi connectivity index (χ3n) is 3.07. The van der Waals surface area contributed by atoms with Crippen LogP contribution in [0.5, 0.6) is 0 Å². The molecule has 0 atom stereocenters. The Morgan fingerprint density at radius 2 is 1.91 bits per heavy atom. The Morgan fingerprint density at radius 3 is 2.55 bits per heavy atom. The molecule has 0 radical (unpaired) electrons. The van der Waals surface area contributed by atoms with Crippen LogP contribution in [0.1, 0.15) is 11.3 Å². The first kappa shape index (κ1) is 15.8. The standard InChI is InChI=1S/C16H18N2O4/c19-9-8-18(12-13-5-2-1-3-6-13)16(21)15(20)17-11-14-7-4-10-22-14/h1-7,10,19H,8-9,11-12H2,(H,17,20). The fraction of sp³-hybridized carbons (Fsp3) is 0.250. The van der Waals surface area contributed by atoms with Gasteiger partial charge in [-0.05, 0) is 17.7 Å². The molecule has 0 saturated carbocycles. The third-order valence-corrected chi connectivity index (χ3v) is 3.07. The van der Waals surface area contributed by atoms with E-state index in [0.717, 1.165) is 5.56 Å². The normalized spacial score (nSPS) is 10.2. The Balaban J connectivity index is 1.94. The van der Waals surface area contributed by atoms with Crippen molar-refractivity contribution in [2.75, 3.05) is 13.2 Å². The average molecular weight is 302 g/mol. The second kappa shape index (κ2) is 7.99. The van der Waals surface area contributed by atoms with E-state index < -0.39 is 11.8 Å². The first-order valence-electron chi connectivity index (χ1n) is 6.95. The molecule has 2 rings (SSSR count). The topological polar surface area (TPSA) is 82.8 Å². The van der Waals surface area contributed by atoms with Crippen molar-refractivity contribution >= 4 is 11.8 Å². The van der Waals surface area contributed by atoms with Gasteiger partial charge in [-0.25, -0.2) is 0 Å². The maximum Gasteiger partial charge on any atom is 0.312 e. The number of benzene rings is 1. The molecule has 0 aliphatic carbocycles. The number of aliphatic hydroxyl groups excluding tert-OH is 1. The van der Waals surface area contributed by atoms with Crippen LogP contribution in [-0.4, -0.2) is 35.0 Å². The van der Waals surface area contributed by atoms with Crippen LogP contribution in [0.25, 0.3) is 0 Å². The summed E-state index contributed by atoms with van der Waals surface area (Å²) >= 11 is 0. The second-order valence-electron chi connectivity index (χ2n) is 4.70. The van der Waals surface area contributed by atoms with Crippen molar-refractivity contribution in [2.24, 2.45) is 0 Å². The van der Waals surface area contributed by atoms with E-state index in [9.17, 15) is 9.59 Å². The molecular formula is C16H18N2O4. The lowest BCUT2D eigenvalue weighted by Gasteiger charge is -2.21. The van der Waals surface area contributed by atoms with Gasteiger partial charge >= 0.3 is 11.8 Å². The second-order valence-corrected chi connectivity index (χ2v) is 4.70. The fourth-order valence-corrected chi connectivity index (χ4v) is 1.98. The summed E-state index contributed by atoms with van der Waals surface area (Å²) in [6.45, 7) is 0.316. The van der Waals surface area contributed by atoms with E-state index in [-0.39, 0.29) is 26.2 Å². The van der Waals surface area contributed by atoms with Crippen molar-refractivity contribution in [3.8, 4) is 0 Å². The molecule has 1 heterocycles. The summed E-state index contributed by atoms with van der Waals surface area (Å²) in [5.41, 5.74) is 0.892. The molecule has 2 amide bonds. The smallest absolute Gasteiger partial charge is 0.312 e. The summed E-state index contributed by atoms with van der Waals surface area (Å²) < 4.78 is 5.09. The van der Waals surface area contributed by atoms with Crippen molar-refractivity contribution < 1.29 is 19.1 Å². The maximum absolute atomic E-state index is 12.2. The molecule has 0 aliphatic heterocycles. The van der Waals surface area contributed by atoms with Crippen molar-refractivity contribution in [1.82, 2.24) is 10.2 Å². The van der Waals surface area contributed by atoms with Crippen LogP contribution < -0.4 is 5.32 Å². The van der Waals surface area contributed by atoms with Gasteiger partial charge in [0.25, 0.3) is 0 Å².